The summed E-state index contributed by atoms with van der Waals surface area (Å²) in [6.45, 7) is 3.39. The van der Waals surface area contributed by atoms with Crippen LogP contribution in [0.3, 0.4) is 0 Å². The monoisotopic (exact) mass is 432 g/mol. The second kappa shape index (κ2) is 8.47. The van der Waals surface area contributed by atoms with Crippen molar-refractivity contribution in [2.24, 2.45) is 0 Å². The summed E-state index contributed by atoms with van der Waals surface area (Å²) < 4.78 is 18.4. The Morgan fingerprint density at radius 3 is 2.59 bits per heavy atom. The van der Waals surface area contributed by atoms with Crippen LogP contribution in [0.4, 0.5) is 5.82 Å². The minimum atomic E-state index is -0.530. The molecule has 5 rings (SSSR count). The molecular weight excluding hydrogens is 408 g/mol. The maximum Gasteiger partial charge on any atom is 0.344 e. The first-order chi connectivity index (χ1) is 15.7. The molecule has 0 bridgehead atoms. The van der Waals surface area contributed by atoms with Crippen molar-refractivity contribution < 1.29 is 19.0 Å². The number of carbonyl (C=O) groups is 1. The highest BCUT2D eigenvalue weighted by Gasteiger charge is 2.27. The van der Waals surface area contributed by atoms with Gasteiger partial charge in [-0.1, -0.05) is 12.1 Å². The van der Waals surface area contributed by atoms with Gasteiger partial charge in [-0.2, -0.15) is 0 Å². The number of aromatic nitrogens is 3. The maximum atomic E-state index is 13.1. The third-order valence-electron chi connectivity index (χ3n) is 5.53. The van der Waals surface area contributed by atoms with Crippen molar-refractivity contribution in [3.05, 3.63) is 54.1 Å². The number of carbonyl (C=O) groups excluding carboxylic acids is 1. The number of hydrogen-bond donors (Lipinski definition) is 1. The Kier molecular flexibility index (Phi) is 5.36. The van der Waals surface area contributed by atoms with E-state index in [-0.39, 0.29) is 24.1 Å². The zero-order valence-electron chi connectivity index (χ0n) is 17.8. The Morgan fingerprint density at radius 1 is 1.16 bits per heavy atom. The van der Waals surface area contributed by atoms with Gasteiger partial charge in [0.2, 0.25) is 0 Å². The van der Waals surface area contributed by atoms with Crippen molar-refractivity contribution in [1.29, 1.82) is 0 Å². The molecule has 3 heterocycles. The van der Waals surface area contributed by atoms with Crippen molar-refractivity contribution >= 4 is 34.0 Å². The van der Waals surface area contributed by atoms with E-state index in [1.54, 1.807) is 4.57 Å². The molecule has 1 aliphatic rings. The van der Waals surface area contributed by atoms with Crippen molar-refractivity contribution in [1.82, 2.24) is 14.5 Å². The molecule has 0 saturated carbocycles. The minimum Gasteiger partial charge on any atom is -0.494 e. The highest BCUT2D eigenvalue weighted by atomic mass is 16.6. The Hall–Kier alpha value is -3.65. The van der Waals surface area contributed by atoms with Crippen LogP contribution >= 0.6 is 0 Å². The predicted octanol–water partition coefficient (Wildman–Crippen LogP) is 3.89. The second-order valence-electron chi connectivity index (χ2n) is 7.64. The molecular formula is C24H24N4O4. The van der Waals surface area contributed by atoms with E-state index in [0.29, 0.717) is 35.4 Å². The maximum absolute atomic E-state index is 13.1. The van der Waals surface area contributed by atoms with E-state index in [0.717, 1.165) is 24.3 Å². The molecule has 2 N–H and O–H groups in total. The Morgan fingerprint density at radius 2 is 1.91 bits per heavy atom. The molecule has 1 unspecified atom stereocenters. The smallest absolute Gasteiger partial charge is 0.344 e. The van der Waals surface area contributed by atoms with Gasteiger partial charge in [-0.05, 0) is 56.2 Å². The van der Waals surface area contributed by atoms with Crippen molar-refractivity contribution in [3.63, 3.8) is 0 Å². The number of fused-ring (bicyclic) bond motifs is 2. The molecule has 8 nitrogen and oxygen atoms in total. The minimum absolute atomic E-state index is 0.0773. The lowest BCUT2D eigenvalue weighted by molar-refractivity contribution is 0.0163. The second-order valence-corrected chi connectivity index (χ2v) is 7.64. The molecule has 1 aliphatic heterocycles. The van der Waals surface area contributed by atoms with E-state index in [4.69, 9.17) is 29.9 Å². The van der Waals surface area contributed by atoms with Crippen LogP contribution in [0.25, 0.3) is 27.9 Å². The molecule has 1 fully saturated rings. The van der Waals surface area contributed by atoms with E-state index >= 15 is 0 Å². The van der Waals surface area contributed by atoms with Crippen LogP contribution in [0.1, 0.15) is 30.1 Å². The summed E-state index contributed by atoms with van der Waals surface area (Å²) in [5.41, 5.74) is 9.77. The van der Waals surface area contributed by atoms with Gasteiger partial charge in [0, 0.05) is 12.3 Å². The molecule has 2 aromatic carbocycles. The largest absolute Gasteiger partial charge is 0.494 e. The molecule has 0 radical (unpaired) electrons. The fourth-order valence-corrected chi connectivity index (χ4v) is 4.00. The van der Waals surface area contributed by atoms with Gasteiger partial charge in [-0.3, -0.25) is 4.57 Å². The molecule has 8 heteroatoms. The fourth-order valence-electron chi connectivity index (χ4n) is 4.00. The van der Waals surface area contributed by atoms with Crippen molar-refractivity contribution in [2.45, 2.75) is 25.9 Å². The molecule has 2 aromatic heterocycles. The molecule has 0 spiro atoms. The Bertz CT molecular complexity index is 1280. The van der Waals surface area contributed by atoms with Crippen LogP contribution in [0, 0.1) is 0 Å². The van der Waals surface area contributed by atoms with Crippen LogP contribution in [-0.4, -0.2) is 46.4 Å². The molecule has 1 saturated heterocycles. The summed E-state index contributed by atoms with van der Waals surface area (Å²) in [6, 6.07) is 15.0. The zero-order chi connectivity index (χ0) is 22.1. The van der Waals surface area contributed by atoms with Crippen LogP contribution in [-0.2, 0) is 9.47 Å². The van der Waals surface area contributed by atoms with Gasteiger partial charge in [0.1, 0.15) is 29.3 Å². The quantitative estimate of drug-likeness (QED) is 0.461. The van der Waals surface area contributed by atoms with Crippen LogP contribution in [0.2, 0.25) is 0 Å². The lowest BCUT2D eigenvalue weighted by Crippen LogP contribution is -2.18. The van der Waals surface area contributed by atoms with Gasteiger partial charge >= 0.3 is 5.97 Å². The third kappa shape index (κ3) is 3.62. The predicted molar refractivity (Wildman–Crippen MR) is 121 cm³/mol. The van der Waals surface area contributed by atoms with Gasteiger partial charge in [0.15, 0.2) is 5.65 Å². The lowest BCUT2D eigenvalue weighted by atomic mass is 10.2. The summed E-state index contributed by atoms with van der Waals surface area (Å²) in [5, 5.41) is 0. The average molecular weight is 432 g/mol. The van der Waals surface area contributed by atoms with Gasteiger partial charge in [0.25, 0.3) is 0 Å². The fraction of sp³-hybridized carbons (Fsp3) is 0.292. The highest BCUT2D eigenvalue weighted by Crippen LogP contribution is 2.32. The number of esters is 1. The lowest BCUT2D eigenvalue weighted by Gasteiger charge is -2.11. The molecule has 0 amide bonds. The summed E-state index contributed by atoms with van der Waals surface area (Å²) in [6.07, 6.45) is 1.77. The third-order valence-corrected chi connectivity index (χ3v) is 5.53. The van der Waals surface area contributed by atoms with E-state index in [9.17, 15) is 4.79 Å². The molecule has 1 atom stereocenters. The first-order valence-corrected chi connectivity index (χ1v) is 10.7. The summed E-state index contributed by atoms with van der Waals surface area (Å²) in [5.74, 6) is 0.452. The summed E-state index contributed by atoms with van der Waals surface area (Å²) in [4.78, 5) is 22.6. The van der Waals surface area contributed by atoms with E-state index < -0.39 is 5.97 Å². The molecule has 4 aromatic rings. The number of rotatable bonds is 6. The number of hydrogen-bond acceptors (Lipinski definition) is 7. The zero-order valence-corrected chi connectivity index (χ0v) is 17.8. The molecule has 0 aliphatic carbocycles. The van der Waals surface area contributed by atoms with Crippen LogP contribution in [0.5, 0.6) is 5.75 Å². The number of nitrogens with two attached hydrogens (primary N) is 1. The topological polar surface area (TPSA) is 101 Å². The number of ether oxygens (including phenoxy) is 3. The summed E-state index contributed by atoms with van der Waals surface area (Å²) in [7, 11) is 0. The van der Waals surface area contributed by atoms with Crippen molar-refractivity contribution in [2.75, 3.05) is 25.6 Å². The first-order valence-electron chi connectivity index (χ1n) is 10.7. The first kappa shape index (κ1) is 20.3. The van der Waals surface area contributed by atoms with E-state index in [1.165, 1.54) is 0 Å². The number of para-hydroxylation sites is 2. The van der Waals surface area contributed by atoms with Gasteiger partial charge in [-0.15, -0.1) is 0 Å². The highest BCUT2D eigenvalue weighted by molar-refractivity contribution is 6.09. The van der Waals surface area contributed by atoms with E-state index in [1.807, 2.05) is 55.5 Å². The standard InChI is InChI=1S/C24H24N4O4/c1-2-30-16-11-9-15(10-12-16)28-22(25)20(24(29)32-14-17-6-5-13-31-17)21-23(28)27-19-8-4-3-7-18(19)26-21/h3-4,7-12,17H,2,5-6,13-14,25H2,1H3. The van der Waals surface area contributed by atoms with Crippen LogP contribution in [0.15, 0.2) is 48.5 Å². The molecule has 164 valence electrons. The van der Waals surface area contributed by atoms with Crippen molar-refractivity contribution in [3.8, 4) is 11.4 Å². The van der Waals surface area contributed by atoms with Crippen LogP contribution < -0.4 is 10.5 Å². The SMILES string of the molecule is CCOc1ccc(-n2c(N)c(C(=O)OCC3CCCO3)c3nc4ccccc4nc32)cc1. The number of nitrogen functional groups attached to an aromatic ring is 1. The summed E-state index contributed by atoms with van der Waals surface area (Å²) >= 11 is 0. The van der Waals surface area contributed by atoms with Gasteiger partial charge in [-0.25, -0.2) is 14.8 Å². The Balaban J connectivity index is 1.62. The average Bonchev–Trinajstić information content (AvgIpc) is 3.42. The number of nitrogens with zero attached hydrogens (tertiary/aromatic N) is 3. The number of anilines is 1. The number of benzene rings is 2. The Labute approximate surface area is 184 Å². The molecule has 32 heavy (non-hydrogen) atoms. The van der Waals surface area contributed by atoms with E-state index in [2.05, 4.69) is 0 Å². The van der Waals surface area contributed by atoms with Gasteiger partial charge in [0.05, 0.1) is 23.7 Å². The normalized spacial score (nSPS) is 16.0. The van der Waals surface area contributed by atoms with Gasteiger partial charge < -0.3 is 19.9 Å².